The molecular formula is C46H64O17. The van der Waals surface area contributed by atoms with Crippen molar-refractivity contribution in [2.24, 2.45) is 10.8 Å². The predicted molar refractivity (Wildman–Crippen MR) is 222 cm³/mol. The molecule has 5 rings (SSSR count). The first-order valence-electron chi connectivity index (χ1n) is 21.6. The highest BCUT2D eigenvalue weighted by Crippen LogP contribution is 2.51. The number of hydrogen-bond acceptors (Lipinski definition) is 17. The Balaban J connectivity index is 1.62. The maximum Gasteiger partial charge on any atom is 0.331 e. The maximum atomic E-state index is 13.4. The Labute approximate surface area is 368 Å². The minimum atomic E-state index is -2.47. The van der Waals surface area contributed by atoms with Gasteiger partial charge in [-0.3, -0.25) is 9.59 Å². The predicted octanol–water partition coefficient (Wildman–Crippen LogP) is 3.64. The zero-order valence-corrected chi connectivity index (χ0v) is 37.4. The van der Waals surface area contributed by atoms with Crippen molar-refractivity contribution in [3.63, 3.8) is 0 Å². The Hall–Kier alpha value is -4.23. The largest absolute Gasteiger partial charge is 0.466 e. The Morgan fingerprint density at radius 1 is 0.952 bits per heavy atom. The van der Waals surface area contributed by atoms with E-state index in [1.54, 1.807) is 45.9 Å². The average molecular weight is 889 g/mol. The molecule has 0 spiro atoms. The highest BCUT2D eigenvalue weighted by Gasteiger charge is 2.63. The van der Waals surface area contributed by atoms with Gasteiger partial charge in [-0.25, -0.2) is 14.4 Å². The second kappa shape index (κ2) is 20.3. The van der Waals surface area contributed by atoms with Gasteiger partial charge in [-0.05, 0) is 26.2 Å². The highest BCUT2D eigenvalue weighted by molar-refractivity contribution is 5.87. The first kappa shape index (κ1) is 49.8. The molecule has 0 aromatic rings. The van der Waals surface area contributed by atoms with Crippen LogP contribution < -0.4 is 0 Å². The van der Waals surface area contributed by atoms with Gasteiger partial charge in [0.25, 0.3) is 0 Å². The summed E-state index contributed by atoms with van der Waals surface area (Å²) in [6, 6.07) is 0. The molecule has 0 radical (unpaired) electrons. The van der Waals surface area contributed by atoms with E-state index in [0.29, 0.717) is 5.57 Å². The molecule has 12 atom stereocenters. The average Bonchev–Trinajstić information content (AvgIpc) is 3.58. The van der Waals surface area contributed by atoms with E-state index >= 15 is 0 Å². The fraction of sp³-hybridized carbons (Fsp3) is 0.674. The maximum absolute atomic E-state index is 13.4. The summed E-state index contributed by atoms with van der Waals surface area (Å²) in [7, 11) is 1.24. The van der Waals surface area contributed by atoms with Gasteiger partial charge in [0.1, 0.15) is 18.3 Å². The number of unbranched alkanes of at least 4 members (excludes halogenated alkanes) is 1. The van der Waals surface area contributed by atoms with Crippen molar-refractivity contribution in [2.45, 2.75) is 179 Å². The van der Waals surface area contributed by atoms with Crippen LogP contribution in [0.5, 0.6) is 0 Å². The van der Waals surface area contributed by atoms with Crippen LogP contribution in [0.25, 0.3) is 0 Å². The molecule has 5 aliphatic heterocycles. The molecule has 63 heavy (non-hydrogen) atoms. The summed E-state index contributed by atoms with van der Waals surface area (Å²) >= 11 is 0. The molecule has 0 unspecified atom stereocenters. The third-order valence-corrected chi connectivity index (χ3v) is 12.5. The van der Waals surface area contributed by atoms with E-state index in [4.69, 9.17) is 37.9 Å². The van der Waals surface area contributed by atoms with Gasteiger partial charge in [0.05, 0.1) is 49.5 Å². The van der Waals surface area contributed by atoms with Crippen LogP contribution in [0.4, 0.5) is 0 Å². The van der Waals surface area contributed by atoms with E-state index in [9.17, 15) is 44.4 Å². The molecule has 3 fully saturated rings. The van der Waals surface area contributed by atoms with E-state index in [2.05, 4.69) is 0 Å². The summed E-state index contributed by atoms with van der Waals surface area (Å²) in [6.07, 6.45) is 1.01. The van der Waals surface area contributed by atoms with Gasteiger partial charge in [-0.2, -0.15) is 0 Å². The molecule has 4 N–H and O–H groups in total. The van der Waals surface area contributed by atoms with E-state index < -0.39 is 120 Å². The summed E-state index contributed by atoms with van der Waals surface area (Å²) in [4.78, 5) is 64.7. The Morgan fingerprint density at radius 2 is 1.68 bits per heavy atom. The van der Waals surface area contributed by atoms with Gasteiger partial charge in [0.2, 0.25) is 5.79 Å². The molecule has 5 aliphatic rings. The van der Waals surface area contributed by atoms with Crippen LogP contribution in [-0.2, 0) is 61.9 Å². The molecule has 0 aliphatic carbocycles. The summed E-state index contributed by atoms with van der Waals surface area (Å²) < 4.78 is 47.3. The Bertz CT molecular complexity index is 1860. The smallest absolute Gasteiger partial charge is 0.331 e. The molecule has 5 heterocycles. The number of carbonyl (C=O) groups excluding carboxylic acids is 5. The van der Waals surface area contributed by atoms with Crippen molar-refractivity contribution in [1.82, 2.24) is 0 Å². The monoisotopic (exact) mass is 888 g/mol. The van der Waals surface area contributed by atoms with E-state index in [1.807, 2.05) is 13.0 Å². The minimum absolute atomic E-state index is 0.0667. The number of carbonyl (C=O) groups is 5. The van der Waals surface area contributed by atoms with Gasteiger partial charge >= 0.3 is 29.8 Å². The van der Waals surface area contributed by atoms with Crippen LogP contribution in [0.3, 0.4) is 0 Å². The number of cyclic esters (lactones) is 1. The quantitative estimate of drug-likeness (QED) is 0.0894. The van der Waals surface area contributed by atoms with E-state index in [1.165, 1.54) is 33.1 Å². The summed E-state index contributed by atoms with van der Waals surface area (Å²) in [5.74, 6) is -8.33. The lowest BCUT2D eigenvalue weighted by molar-refractivity contribution is -0.348. The number of rotatable bonds is 8. The second-order valence-electron chi connectivity index (χ2n) is 18.2. The first-order valence-corrected chi connectivity index (χ1v) is 21.6. The van der Waals surface area contributed by atoms with Crippen molar-refractivity contribution < 1.29 is 82.3 Å². The number of methoxy groups -OCH3 is 1. The summed E-state index contributed by atoms with van der Waals surface area (Å²) in [5.41, 5.74) is -2.09. The van der Waals surface area contributed by atoms with Crippen molar-refractivity contribution in [3.8, 4) is 0 Å². The molecule has 6 bridgehead atoms. The Morgan fingerprint density at radius 3 is 2.35 bits per heavy atom. The van der Waals surface area contributed by atoms with Crippen LogP contribution in [0, 0.1) is 10.8 Å². The van der Waals surface area contributed by atoms with E-state index in [0.717, 1.165) is 25.0 Å². The fourth-order valence-electron chi connectivity index (χ4n) is 8.79. The molecule has 17 nitrogen and oxygen atoms in total. The molecular weight excluding hydrogens is 824 g/mol. The van der Waals surface area contributed by atoms with Crippen LogP contribution in [0.15, 0.2) is 59.8 Å². The van der Waals surface area contributed by atoms with Gasteiger partial charge < -0.3 is 58.3 Å². The second-order valence-corrected chi connectivity index (χ2v) is 18.2. The highest BCUT2D eigenvalue weighted by atomic mass is 16.7. The van der Waals surface area contributed by atoms with Crippen molar-refractivity contribution in [2.75, 3.05) is 7.11 Å². The van der Waals surface area contributed by atoms with Gasteiger partial charge in [-0.1, -0.05) is 77.0 Å². The fourth-order valence-corrected chi connectivity index (χ4v) is 8.79. The molecule has 17 heteroatoms. The van der Waals surface area contributed by atoms with Crippen molar-refractivity contribution in [3.05, 3.63) is 59.8 Å². The number of fused-ring (bicyclic) bond motifs is 8. The molecule has 3 saturated heterocycles. The molecule has 0 saturated carbocycles. The normalized spacial score (nSPS) is 37.5. The minimum Gasteiger partial charge on any atom is -0.466 e. The van der Waals surface area contributed by atoms with Gasteiger partial charge in [0, 0.05) is 61.8 Å². The number of allylic oxidation sites excluding steroid dienone is 3. The number of hydrogen-bond donors (Lipinski definition) is 4. The summed E-state index contributed by atoms with van der Waals surface area (Å²) in [5, 5.41) is 47.5. The zero-order valence-electron chi connectivity index (χ0n) is 37.4. The van der Waals surface area contributed by atoms with Crippen molar-refractivity contribution >= 4 is 29.8 Å². The third kappa shape index (κ3) is 11.7. The molecule has 0 aromatic carbocycles. The lowest BCUT2D eigenvalue weighted by Crippen LogP contribution is -2.65. The standard InChI is InChI=1S/C46H64O17/c1-9-10-11-12-13-14-37(50)61-42-33-23-40(53)60-41(33)35-24-34(26(2)47)59-39(52)21-29(49)20-31-22-36(57-27(3)48)44(6,7)45(54,62-31)25-32-18-28(19-38(51)56-8)17-30(58-32)15-16-43(4,5)46(42,55)63-35/h11-16,19,23,26,29-32,34-36,41-42,47,49,54-55H,9-10,17-18,20-22,24-25H2,1-8H3/b12-11+,14-13+,16-15+,28-19+/t26-,29+,30-,31+,32-,34+,35+,36-,41-,42-,45-,46+/m0/s1. The number of esters is 5. The van der Waals surface area contributed by atoms with Gasteiger partial charge in [0.15, 0.2) is 18.0 Å². The van der Waals surface area contributed by atoms with Crippen LogP contribution in [0.1, 0.15) is 106 Å². The van der Waals surface area contributed by atoms with E-state index in [-0.39, 0.29) is 44.1 Å². The van der Waals surface area contributed by atoms with Crippen molar-refractivity contribution in [1.29, 1.82) is 0 Å². The van der Waals surface area contributed by atoms with Crippen LogP contribution in [-0.4, -0.2) is 130 Å². The SMILES string of the molecule is CCC/C=C/C=C/C(=O)O[C@H]1C2=CC(=O)O[C@@H]2[C@H]2C[C@H]([C@H](C)O)OC(=O)C[C@H](O)C[C@@H]3C[C@H](OC(C)=O)C(C)(C)[C@](O)(C[C@@H]4C/C(=C/C(=O)OC)C[C@H](/C=C/C(C)(C)[C@]1(O)O2)O4)O3. The summed E-state index contributed by atoms with van der Waals surface area (Å²) in [6.45, 7) is 11.2. The first-order chi connectivity index (χ1) is 29.5. The molecule has 350 valence electrons. The zero-order chi connectivity index (χ0) is 46.5. The lowest BCUT2D eigenvalue weighted by Gasteiger charge is -2.53. The van der Waals surface area contributed by atoms with Crippen LogP contribution >= 0.6 is 0 Å². The number of aliphatic hydroxyl groups excluding tert-OH is 2. The number of aliphatic hydroxyl groups is 4. The molecule has 0 aromatic heterocycles. The molecule has 0 amide bonds. The third-order valence-electron chi connectivity index (χ3n) is 12.5. The topological polar surface area (TPSA) is 240 Å². The lowest BCUT2D eigenvalue weighted by atomic mass is 9.70. The van der Waals surface area contributed by atoms with Crippen LogP contribution in [0.2, 0.25) is 0 Å². The van der Waals surface area contributed by atoms with Gasteiger partial charge in [-0.15, -0.1) is 0 Å². The Kier molecular flexibility index (Phi) is 16.0. The number of ether oxygens (including phenoxy) is 8.